The van der Waals surface area contributed by atoms with Crippen molar-refractivity contribution < 1.29 is 9.53 Å². The Hall–Kier alpha value is -2.02. The van der Waals surface area contributed by atoms with Gasteiger partial charge in [0.2, 0.25) is 0 Å². The molecule has 1 amide bonds. The maximum Gasteiger partial charge on any atom is 0.252 e. The normalized spacial score (nSPS) is 17.5. The molecule has 6 heteroatoms. The summed E-state index contributed by atoms with van der Waals surface area (Å²) in [6.07, 6.45) is 5.63. The van der Waals surface area contributed by atoms with Crippen LogP contribution in [0.3, 0.4) is 0 Å². The lowest BCUT2D eigenvalue weighted by atomic mass is 10.2. The van der Waals surface area contributed by atoms with Crippen LogP contribution in [0.1, 0.15) is 17.7 Å². The number of carbonyl (C=O) groups is 1. The third-order valence-corrected chi connectivity index (χ3v) is 6.02. The Morgan fingerprint density at radius 1 is 1.32 bits per heavy atom. The van der Waals surface area contributed by atoms with Gasteiger partial charge in [0.05, 0.1) is 22.9 Å². The number of ether oxygens (including phenoxy) is 1. The summed E-state index contributed by atoms with van der Waals surface area (Å²) in [5, 5.41) is 2.74. The second kappa shape index (κ2) is 7.47. The smallest absolute Gasteiger partial charge is 0.252 e. The number of fused-ring (bicyclic) bond motifs is 1. The fourth-order valence-corrected chi connectivity index (χ4v) is 4.46. The topological polar surface area (TPSA) is 42.4 Å². The molecule has 1 aliphatic rings. The van der Waals surface area contributed by atoms with Gasteiger partial charge in [-0.05, 0) is 42.5 Å². The molecule has 0 radical (unpaired) electrons. The summed E-state index contributed by atoms with van der Waals surface area (Å²) in [5.41, 5.74) is 0.926. The first-order valence-electron chi connectivity index (χ1n) is 8.30. The van der Waals surface area contributed by atoms with Gasteiger partial charge in [-0.15, -0.1) is 11.3 Å². The van der Waals surface area contributed by atoms with Crippen molar-refractivity contribution in [2.75, 3.05) is 18.1 Å². The van der Waals surface area contributed by atoms with E-state index in [4.69, 9.17) is 4.74 Å². The lowest BCUT2D eigenvalue weighted by Gasteiger charge is -2.21. The number of nitrogens with zero attached hydrogens (tertiary/aromatic N) is 2. The van der Waals surface area contributed by atoms with Crippen molar-refractivity contribution in [3.8, 4) is 0 Å². The Morgan fingerprint density at radius 3 is 3.00 bits per heavy atom. The Kier molecular flexibility index (Phi) is 4.92. The Morgan fingerprint density at radius 2 is 2.24 bits per heavy atom. The maximum atomic E-state index is 12.9. The van der Waals surface area contributed by atoms with Crippen molar-refractivity contribution in [3.63, 3.8) is 0 Å². The zero-order valence-electron chi connectivity index (χ0n) is 13.6. The zero-order chi connectivity index (χ0) is 17.1. The van der Waals surface area contributed by atoms with Gasteiger partial charge in [-0.2, -0.15) is 0 Å². The molecule has 2 aromatic heterocycles. The molecule has 1 aromatic carbocycles. The van der Waals surface area contributed by atoms with E-state index in [9.17, 15) is 4.79 Å². The molecule has 0 bridgehead atoms. The Labute approximate surface area is 154 Å². The largest absolute Gasteiger partial charge is 0.376 e. The summed E-state index contributed by atoms with van der Waals surface area (Å²) in [6.45, 7) is 1.32. The quantitative estimate of drug-likeness (QED) is 0.617. The first-order chi connectivity index (χ1) is 12.3. The minimum absolute atomic E-state index is 0.0528. The van der Waals surface area contributed by atoms with Crippen LogP contribution in [0.25, 0.3) is 16.3 Å². The minimum Gasteiger partial charge on any atom is -0.376 e. The predicted octanol–water partition coefficient (Wildman–Crippen LogP) is 4.58. The van der Waals surface area contributed by atoms with Crippen LogP contribution in [0, 0.1) is 0 Å². The Bertz CT molecular complexity index is 847. The van der Waals surface area contributed by atoms with E-state index in [1.807, 2.05) is 47.9 Å². The van der Waals surface area contributed by atoms with Crippen molar-refractivity contribution in [3.05, 3.63) is 52.7 Å². The van der Waals surface area contributed by atoms with E-state index in [0.717, 1.165) is 39.7 Å². The van der Waals surface area contributed by atoms with E-state index in [-0.39, 0.29) is 12.0 Å². The average molecular weight is 370 g/mol. The molecule has 25 heavy (non-hydrogen) atoms. The molecule has 4 nitrogen and oxygen atoms in total. The summed E-state index contributed by atoms with van der Waals surface area (Å²) in [5.74, 6) is -0.0528. The van der Waals surface area contributed by atoms with E-state index in [2.05, 4.69) is 4.98 Å². The number of para-hydroxylation sites is 1. The lowest BCUT2D eigenvalue weighted by Crippen LogP contribution is -2.36. The number of amides is 1. The number of benzene rings is 1. The maximum absolute atomic E-state index is 12.9. The van der Waals surface area contributed by atoms with Crippen LogP contribution >= 0.6 is 22.7 Å². The summed E-state index contributed by atoms with van der Waals surface area (Å²) in [4.78, 5) is 20.3. The summed E-state index contributed by atoms with van der Waals surface area (Å²) < 4.78 is 6.83. The predicted molar refractivity (Wildman–Crippen MR) is 104 cm³/mol. The third-order valence-electron chi connectivity index (χ3n) is 4.12. The Balaban J connectivity index is 1.61. The molecule has 4 rings (SSSR count). The van der Waals surface area contributed by atoms with E-state index in [1.165, 1.54) is 0 Å². The first-order valence-corrected chi connectivity index (χ1v) is 9.99. The van der Waals surface area contributed by atoms with Crippen molar-refractivity contribution in [2.24, 2.45) is 0 Å². The monoisotopic (exact) mass is 370 g/mol. The SMILES string of the molecule is O=C(C=Cc1cccs1)N(CC1CCCO1)c1nc2ccccc2s1. The highest BCUT2D eigenvalue weighted by Crippen LogP contribution is 2.30. The van der Waals surface area contributed by atoms with Gasteiger partial charge in [0.15, 0.2) is 5.13 Å². The highest BCUT2D eigenvalue weighted by molar-refractivity contribution is 7.22. The molecule has 1 aliphatic heterocycles. The number of hydrogen-bond acceptors (Lipinski definition) is 5. The number of carbonyl (C=O) groups excluding carboxylic acids is 1. The fraction of sp³-hybridized carbons (Fsp3) is 0.263. The number of aromatic nitrogens is 1. The fourth-order valence-electron chi connectivity index (χ4n) is 2.86. The van der Waals surface area contributed by atoms with Gasteiger partial charge >= 0.3 is 0 Å². The summed E-state index contributed by atoms with van der Waals surface area (Å²) in [7, 11) is 0. The van der Waals surface area contributed by atoms with Crippen LogP contribution in [-0.2, 0) is 9.53 Å². The molecule has 3 heterocycles. The van der Waals surface area contributed by atoms with Gasteiger partial charge in [-0.3, -0.25) is 9.69 Å². The standard InChI is InChI=1S/C19H18N2O2S2/c22-18(10-9-15-6-4-12-24-15)21(13-14-5-3-11-23-14)19-20-16-7-1-2-8-17(16)25-19/h1-2,4,6-10,12,14H,3,5,11,13H2. The number of anilines is 1. The van der Waals surface area contributed by atoms with E-state index in [0.29, 0.717) is 6.54 Å². The van der Waals surface area contributed by atoms with Crippen LogP contribution in [-0.4, -0.2) is 30.1 Å². The number of hydrogen-bond donors (Lipinski definition) is 0. The van der Waals surface area contributed by atoms with Gasteiger partial charge in [-0.1, -0.05) is 29.5 Å². The molecular weight excluding hydrogens is 352 g/mol. The molecule has 1 fully saturated rings. The molecule has 0 aliphatic carbocycles. The zero-order valence-corrected chi connectivity index (χ0v) is 15.3. The molecule has 1 unspecified atom stereocenters. The molecule has 1 saturated heterocycles. The highest BCUT2D eigenvalue weighted by atomic mass is 32.1. The summed E-state index contributed by atoms with van der Waals surface area (Å²) in [6, 6.07) is 11.9. The van der Waals surface area contributed by atoms with Crippen LogP contribution in [0.5, 0.6) is 0 Å². The van der Waals surface area contributed by atoms with Crippen LogP contribution < -0.4 is 4.90 Å². The van der Waals surface area contributed by atoms with E-state index >= 15 is 0 Å². The third kappa shape index (κ3) is 3.81. The van der Waals surface area contributed by atoms with E-state index in [1.54, 1.807) is 33.6 Å². The second-order valence-electron chi connectivity index (χ2n) is 5.90. The van der Waals surface area contributed by atoms with Gasteiger partial charge < -0.3 is 4.74 Å². The van der Waals surface area contributed by atoms with Gasteiger partial charge in [0, 0.05) is 17.6 Å². The van der Waals surface area contributed by atoms with Gasteiger partial charge in [0.25, 0.3) is 5.91 Å². The lowest BCUT2D eigenvalue weighted by molar-refractivity contribution is -0.114. The van der Waals surface area contributed by atoms with Crippen molar-refractivity contribution in [1.29, 1.82) is 0 Å². The van der Waals surface area contributed by atoms with Crippen molar-refractivity contribution in [2.45, 2.75) is 18.9 Å². The highest BCUT2D eigenvalue weighted by Gasteiger charge is 2.25. The molecule has 1 atom stereocenters. The first kappa shape index (κ1) is 16.4. The molecule has 0 saturated carbocycles. The van der Waals surface area contributed by atoms with Crippen LogP contribution in [0.4, 0.5) is 5.13 Å². The van der Waals surface area contributed by atoms with Crippen molar-refractivity contribution in [1.82, 2.24) is 4.98 Å². The summed E-state index contributed by atoms with van der Waals surface area (Å²) >= 11 is 3.16. The molecule has 3 aromatic rings. The molecule has 128 valence electrons. The van der Waals surface area contributed by atoms with Crippen LogP contribution in [0.2, 0.25) is 0 Å². The number of thiophene rings is 1. The number of rotatable bonds is 5. The molecule has 0 spiro atoms. The second-order valence-corrected chi connectivity index (χ2v) is 7.89. The van der Waals surface area contributed by atoms with E-state index < -0.39 is 0 Å². The van der Waals surface area contributed by atoms with Crippen molar-refractivity contribution >= 4 is 50.0 Å². The number of thiazole rings is 1. The molecular formula is C19H18N2O2S2. The van der Waals surface area contributed by atoms with Gasteiger partial charge in [-0.25, -0.2) is 4.98 Å². The average Bonchev–Trinajstić information content (AvgIpc) is 3.38. The minimum atomic E-state index is -0.0528. The van der Waals surface area contributed by atoms with Crippen LogP contribution in [0.15, 0.2) is 47.9 Å². The molecule has 0 N–H and O–H groups in total. The van der Waals surface area contributed by atoms with Gasteiger partial charge in [0.1, 0.15) is 0 Å².